The molecule has 11 heteroatoms. The summed E-state index contributed by atoms with van der Waals surface area (Å²) in [4.78, 5) is 22.1. The number of unbranched alkanes of at least 4 members (excludes halogenated alkanes) is 2. The Hall–Kier alpha value is -3.22. The number of carbonyl (C=O) groups excluding carboxylic acids is 1. The Kier molecular flexibility index (Phi) is 16.4. The van der Waals surface area contributed by atoms with Crippen molar-refractivity contribution in [2.75, 3.05) is 59.9 Å². The maximum Gasteiger partial charge on any atom is 0.239 e. The number of benzene rings is 1. The van der Waals surface area contributed by atoms with Crippen LogP contribution >= 0.6 is 0 Å². The second-order valence-electron chi connectivity index (χ2n) is 15.2. The van der Waals surface area contributed by atoms with Gasteiger partial charge in [0.2, 0.25) is 11.7 Å². The van der Waals surface area contributed by atoms with Crippen LogP contribution < -0.4 is 9.47 Å². The lowest BCUT2D eigenvalue weighted by atomic mass is 9.55. The molecule has 1 aromatic carbocycles. The Bertz CT molecular complexity index is 1430. The molecule has 2 fully saturated rings. The highest BCUT2D eigenvalue weighted by Crippen LogP contribution is 2.62. The molecule has 1 aliphatic heterocycles. The fourth-order valence-electron chi connectivity index (χ4n) is 9.56. The van der Waals surface area contributed by atoms with Crippen LogP contribution in [-0.4, -0.2) is 104 Å². The molecule has 1 amide bonds. The first-order chi connectivity index (χ1) is 26.5. The van der Waals surface area contributed by atoms with Gasteiger partial charge in [-0.3, -0.25) is 4.79 Å². The fourth-order valence-corrected chi connectivity index (χ4v) is 9.56. The zero-order valence-electron chi connectivity index (χ0n) is 32.4. The summed E-state index contributed by atoms with van der Waals surface area (Å²) in [5, 5.41) is 33.8. The van der Waals surface area contributed by atoms with Crippen molar-refractivity contribution in [3.05, 3.63) is 60.7 Å². The highest BCUT2D eigenvalue weighted by molar-refractivity contribution is 6.03. The van der Waals surface area contributed by atoms with Crippen molar-refractivity contribution in [3.8, 4) is 11.5 Å². The van der Waals surface area contributed by atoms with Crippen LogP contribution in [0.1, 0.15) is 95.0 Å². The molecule has 300 valence electrons. The highest BCUT2D eigenvalue weighted by atomic mass is 16.7. The van der Waals surface area contributed by atoms with E-state index in [4.69, 9.17) is 23.8 Å². The molecule has 1 aromatic rings. The van der Waals surface area contributed by atoms with Crippen molar-refractivity contribution in [2.45, 2.75) is 101 Å². The number of allylic oxidation sites excluding steroid dienone is 1. The molecule has 1 heterocycles. The van der Waals surface area contributed by atoms with Gasteiger partial charge < -0.3 is 44.0 Å². The van der Waals surface area contributed by atoms with Crippen LogP contribution in [0.3, 0.4) is 0 Å². The van der Waals surface area contributed by atoms with Crippen molar-refractivity contribution in [3.63, 3.8) is 0 Å². The molecule has 3 aliphatic carbocycles. The molecule has 5 rings (SSSR count). The summed E-state index contributed by atoms with van der Waals surface area (Å²) >= 11 is 0. The Balaban J connectivity index is 1.70. The average Bonchev–Trinajstić information content (AvgIpc) is 3.71. The van der Waals surface area contributed by atoms with E-state index in [1.54, 1.807) is 19.3 Å². The van der Waals surface area contributed by atoms with E-state index in [1.807, 2.05) is 17.0 Å². The predicted molar refractivity (Wildman–Crippen MR) is 208 cm³/mol. The predicted octanol–water partition coefficient (Wildman–Crippen LogP) is 6.32. The van der Waals surface area contributed by atoms with Crippen molar-refractivity contribution in [2.24, 2.45) is 28.8 Å². The summed E-state index contributed by atoms with van der Waals surface area (Å²) in [6.45, 7) is 9.26. The lowest BCUT2D eigenvalue weighted by molar-refractivity contribution is -0.258. The normalized spacial score (nSPS) is 26.7. The average molecular weight is 753 g/mol. The van der Waals surface area contributed by atoms with Crippen LogP contribution in [0.4, 0.5) is 0 Å². The molecular weight excluding hydrogens is 688 g/mol. The Morgan fingerprint density at radius 2 is 1.76 bits per heavy atom. The molecule has 4 aliphatic rings. The van der Waals surface area contributed by atoms with Gasteiger partial charge >= 0.3 is 0 Å². The summed E-state index contributed by atoms with van der Waals surface area (Å²) in [5.41, 5.74) is 2.76. The number of fused-ring (bicyclic) bond motifs is 2. The van der Waals surface area contributed by atoms with Gasteiger partial charge in [0.1, 0.15) is 31.3 Å². The molecule has 11 nitrogen and oxygen atoms in total. The first kappa shape index (κ1) is 41.9. The van der Waals surface area contributed by atoms with Gasteiger partial charge in [-0.15, -0.1) is 6.58 Å². The van der Waals surface area contributed by atoms with Gasteiger partial charge in [0.05, 0.1) is 38.1 Å². The van der Waals surface area contributed by atoms with Gasteiger partial charge in [-0.2, -0.15) is 0 Å². The van der Waals surface area contributed by atoms with Crippen molar-refractivity contribution < 1.29 is 43.9 Å². The second-order valence-corrected chi connectivity index (χ2v) is 15.2. The molecule has 2 saturated carbocycles. The zero-order chi connectivity index (χ0) is 38.3. The molecule has 3 N–H and O–H groups in total. The van der Waals surface area contributed by atoms with E-state index in [9.17, 15) is 20.1 Å². The third-order valence-electron chi connectivity index (χ3n) is 11.9. The summed E-state index contributed by atoms with van der Waals surface area (Å²) in [5.74, 6) is 0.373. The van der Waals surface area contributed by atoms with Gasteiger partial charge in [0, 0.05) is 44.1 Å². The lowest BCUT2D eigenvalue weighted by Crippen LogP contribution is -2.70. The third-order valence-corrected chi connectivity index (χ3v) is 11.9. The standard InChI is InChI=1S/C43H64N2O9/c1-4-24-52-33-17-18-38-36(29-33)41-34(15-9-11-22-47)32(14-8-10-21-46)28-35-37(44-50-3)30-39(43(54-38,42(35)41)53-25-5-2)45(20-26-51-27-23-48)40(49)19-16-31-12-6-7-13-31/h4-5,17-18,28-29,31-32,34,39,41-42,46-48H,1-2,6-16,19-27,30H2,3H3/t32-,34+,39-,41+,42+,43+/m0/s1. The van der Waals surface area contributed by atoms with Gasteiger partial charge in [-0.1, -0.05) is 68.5 Å². The van der Waals surface area contributed by atoms with E-state index in [0.717, 1.165) is 61.8 Å². The summed E-state index contributed by atoms with van der Waals surface area (Å²) in [6.07, 6.45) is 16.9. The molecule has 0 spiro atoms. The smallest absolute Gasteiger partial charge is 0.239 e. The molecular formula is C43H64N2O9. The van der Waals surface area contributed by atoms with E-state index >= 15 is 0 Å². The monoisotopic (exact) mass is 752 g/mol. The van der Waals surface area contributed by atoms with E-state index in [1.165, 1.54) is 12.8 Å². The topological polar surface area (TPSA) is 140 Å². The molecule has 0 saturated heterocycles. The third kappa shape index (κ3) is 9.77. The minimum atomic E-state index is -1.32. The number of rotatable bonds is 24. The van der Waals surface area contributed by atoms with E-state index < -0.39 is 11.8 Å². The second kappa shape index (κ2) is 21.2. The summed E-state index contributed by atoms with van der Waals surface area (Å²) < 4.78 is 26.2. The molecule has 0 aromatic heterocycles. The van der Waals surface area contributed by atoms with Crippen LogP contribution in [0.2, 0.25) is 0 Å². The van der Waals surface area contributed by atoms with Gasteiger partial charge in [-0.05, 0) is 73.6 Å². The van der Waals surface area contributed by atoms with E-state index in [2.05, 4.69) is 30.5 Å². The minimum Gasteiger partial charge on any atom is -0.490 e. The first-order valence-corrected chi connectivity index (χ1v) is 20.3. The van der Waals surface area contributed by atoms with Crippen molar-refractivity contribution in [1.82, 2.24) is 4.90 Å². The fraction of sp³-hybridized carbons (Fsp3) is 0.674. The molecule has 6 atom stereocenters. The van der Waals surface area contributed by atoms with Crippen molar-refractivity contribution >= 4 is 11.6 Å². The van der Waals surface area contributed by atoms with Gasteiger partial charge in [0.25, 0.3) is 0 Å². The largest absolute Gasteiger partial charge is 0.490 e. The number of oxime groups is 1. The highest BCUT2D eigenvalue weighted by Gasteiger charge is 2.65. The molecule has 0 radical (unpaired) electrons. The number of hydrogen-bond acceptors (Lipinski definition) is 10. The maximum absolute atomic E-state index is 14.6. The van der Waals surface area contributed by atoms with Gasteiger partial charge in [-0.25, -0.2) is 0 Å². The summed E-state index contributed by atoms with van der Waals surface area (Å²) in [7, 11) is 1.55. The Morgan fingerprint density at radius 1 is 1.00 bits per heavy atom. The maximum atomic E-state index is 14.6. The Labute approximate surface area is 322 Å². The van der Waals surface area contributed by atoms with E-state index in [0.29, 0.717) is 56.3 Å². The van der Waals surface area contributed by atoms with Crippen LogP contribution in [0.25, 0.3) is 0 Å². The number of aliphatic hydroxyl groups excluding tert-OH is 3. The summed E-state index contributed by atoms with van der Waals surface area (Å²) in [6, 6.07) is 5.35. The number of aliphatic hydroxyl groups is 3. The van der Waals surface area contributed by atoms with Crippen molar-refractivity contribution in [1.29, 1.82) is 0 Å². The molecule has 0 bridgehead atoms. The first-order valence-electron chi connectivity index (χ1n) is 20.3. The van der Waals surface area contributed by atoms with E-state index in [-0.39, 0.29) is 69.2 Å². The van der Waals surface area contributed by atoms with Crippen LogP contribution in [0.5, 0.6) is 11.5 Å². The number of amides is 1. The number of carbonyl (C=O) groups is 1. The molecule has 54 heavy (non-hydrogen) atoms. The number of nitrogens with zero attached hydrogens (tertiary/aromatic N) is 2. The minimum absolute atomic E-state index is 0.0154. The van der Waals surface area contributed by atoms with Crippen LogP contribution in [0.15, 0.2) is 60.3 Å². The zero-order valence-corrected chi connectivity index (χ0v) is 32.4. The lowest BCUT2D eigenvalue weighted by Gasteiger charge is -2.60. The quantitative estimate of drug-likeness (QED) is 0.0629. The SMILES string of the molecule is C=CCOc1ccc2c(c1)[C@H]1[C@H](CCCCO)[C@@H](CCCCO)C=C3C(=NOC)C[C@H](N(CCOCCO)C(=O)CCC4CCCC4)[C@@](OCC=C)(O2)[C@H]31. The van der Waals surface area contributed by atoms with Gasteiger partial charge in [0.15, 0.2) is 0 Å². The number of ether oxygens (including phenoxy) is 4. The Morgan fingerprint density at radius 3 is 2.46 bits per heavy atom. The van der Waals surface area contributed by atoms with Crippen LogP contribution in [-0.2, 0) is 19.1 Å². The molecule has 0 unspecified atom stereocenters. The number of hydrogen-bond donors (Lipinski definition) is 3. The van der Waals surface area contributed by atoms with Crippen LogP contribution in [0, 0.1) is 23.7 Å².